The summed E-state index contributed by atoms with van der Waals surface area (Å²) in [5.74, 6) is 0.282. The van der Waals surface area contributed by atoms with E-state index in [9.17, 15) is 4.39 Å². The molecule has 1 aliphatic heterocycles. The summed E-state index contributed by atoms with van der Waals surface area (Å²) < 4.78 is 13.2. The first-order chi connectivity index (χ1) is 8.33. The van der Waals surface area contributed by atoms with Gasteiger partial charge in [-0.3, -0.25) is 0 Å². The van der Waals surface area contributed by atoms with E-state index in [1.54, 1.807) is 6.07 Å². The number of nitrogens with one attached hydrogen (secondary N) is 1. The second-order valence-corrected chi connectivity index (χ2v) is 4.49. The smallest absolute Gasteiger partial charge is 0.123 e. The highest BCUT2D eigenvalue weighted by molar-refractivity contribution is 5.54. The third-order valence-electron chi connectivity index (χ3n) is 3.34. The lowest BCUT2D eigenvalue weighted by atomic mass is 9.88. The minimum Gasteiger partial charge on any atom is -0.384 e. The second-order valence-electron chi connectivity index (χ2n) is 4.49. The van der Waals surface area contributed by atoms with Gasteiger partial charge in [0.25, 0.3) is 0 Å². The van der Waals surface area contributed by atoms with Crippen LogP contribution >= 0.6 is 0 Å². The maximum Gasteiger partial charge on any atom is 0.123 e. The van der Waals surface area contributed by atoms with Crippen LogP contribution in [0.1, 0.15) is 17.0 Å². The van der Waals surface area contributed by atoms with Gasteiger partial charge in [-0.2, -0.15) is 0 Å². The SMILES string of the molecule is Fc1ccc2c(c1)CC(c1ccccc1)CN2. The predicted octanol–water partition coefficient (Wildman–Crippen LogP) is 3.58. The van der Waals surface area contributed by atoms with E-state index >= 15 is 0 Å². The van der Waals surface area contributed by atoms with Crippen molar-refractivity contribution in [1.29, 1.82) is 0 Å². The number of anilines is 1. The number of benzene rings is 2. The van der Waals surface area contributed by atoms with E-state index in [1.165, 1.54) is 11.6 Å². The first-order valence-corrected chi connectivity index (χ1v) is 5.90. The highest BCUT2D eigenvalue weighted by atomic mass is 19.1. The van der Waals surface area contributed by atoms with E-state index in [0.717, 1.165) is 24.2 Å². The van der Waals surface area contributed by atoms with Crippen LogP contribution in [0.5, 0.6) is 0 Å². The zero-order chi connectivity index (χ0) is 11.7. The summed E-state index contributed by atoms with van der Waals surface area (Å²) in [7, 11) is 0. The Hall–Kier alpha value is -1.83. The zero-order valence-electron chi connectivity index (χ0n) is 9.49. The van der Waals surface area contributed by atoms with Gasteiger partial charge in [-0.25, -0.2) is 4.39 Å². The lowest BCUT2D eigenvalue weighted by Gasteiger charge is -2.26. The molecule has 17 heavy (non-hydrogen) atoms. The van der Waals surface area contributed by atoms with Crippen molar-refractivity contribution in [2.45, 2.75) is 12.3 Å². The molecule has 0 spiro atoms. The molecule has 1 unspecified atom stereocenters. The topological polar surface area (TPSA) is 12.0 Å². The third-order valence-corrected chi connectivity index (χ3v) is 3.34. The number of hydrogen-bond acceptors (Lipinski definition) is 1. The van der Waals surface area contributed by atoms with Crippen molar-refractivity contribution in [2.24, 2.45) is 0 Å². The quantitative estimate of drug-likeness (QED) is 0.785. The molecule has 0 radical (unpaired) electrons. The van der Waals surface area contributed by atoms with E-state index in [0.29, 0.717) is 5.92 Å². The molecule has 1 N–H and O–H groups in total. The van der Waals surface area contributed by atoms with Crippen LogP contribution in [0.2, 0.25) is 0 Å². The van der Waals surface area contributed by atoms with Crippen molar-refractivity contribution in [1.82, 2.24) is 0 Å². The van der Waals surface area contributed by atoms with Crippen LogP contribution in [0.25, 0.3) is 0 Å². The van der Waals surface area contributed by atoms with E-state index in [4.69, 9.17) is 0 Å². The van der Waals surface area contributed by atoms with Crippen molar-refractivity contribution >= 4 is 5.69 Å². The maximum absolute atomic E-state index is 13.2. The fourth-order valence-corrected chi connectivity index (χ4v) is 2.44. The summed E-state index contributed by atoms with van der Waals surface area (Å²) >= 11 is 0. The Morgan fingerprint density at radius 1 is 1.06 bits per heavy atom. The van der Waals surface area contributed by atoms with Crippen molar-refractivity contribution in [2.75, 3.05) is 11.9 Å². The van der Waals surface area contributed by atoms with E-state index in [1.807, 2.05) is 12.1 Å². The molecule has 0 fully saturated rings. The molecule has 3 rings (SSSR count). The predicted molar refractivity (Wildman–Crippen MR) is 67.8 cm³/mol. The molecule has 0 saturated carbocycles. The fraction of sp³-hybridized carbons (Fsp3) is 0.200. The van der Waals surface area contributed by atoms with Crippen LogP contribution in [-0.4, -0.2) is 6.54 Å². The van der Waals surface area contributed by atoms with Gasteiger partial charge in [0, 0.05) is 18.2 Å². The molecule has 1 heterocycles. The van der Waals surface area contributed by atoms with Gasteiger partial charge in [0.2, 0.25) is 0 Å². The normalized spacial score (nSPS) is 18.3. The molecule has 0 bridgehead atoms. The van der Waals surface area contributed by atoms with Crippen LogP contribution < -0.4 is 5.32 Å². The molecule has 1 atom stereocenters. The Bertz CT molecular complexity index is 522. The molecule has 1 nitrogen and oxygen atoms in total. The maximum atomic E-state index is 13.2. The lowest BCUT2D eigenvalue weighted by Crippen LogP contribution is -2.21. The molecule has 2 heteroatoms. The van der Waals surface area contributed by atoms with Crippen LogP contribution in [-0.2, 0) is 6.42 Å². The van der Waals surface area contributed by atoms with Crippen molar-refractivity contribution in [3.8, 4) is 0 Å². The molecule has 1 aliphatic rings. The van der Waals surface area contributed by atoms with E-state index < -0.39 is 0 Å². The molecule has 2 aromatic rings. The van der Waals surface area contributed by atoms with Gasteiger partial charge in [0.15, 0.2) is 0 Å². The fourth-order valence-electron chi connectivity index (χ4n) is 2.44. The van der Waals surface area contributed by atoms with E-state index in [2.05, 4.69) is 29.6 Å². The Morgan fingerprint density at radius 2 is 1.88 bits per heavy atom. The molecular weight excluding hydrogens is 213 g/mol. The van der Waals surface area contributed by atoms with Gasteiger partial charge in [0.1, 0.15) is 5.82 Å². The minimum absolute atomic E-state index is 0.153. The van der Waals surface area contributed by atoms with Gasteiger partial charge in [-0.1, -0.05) is 30.3 Å². The molecule has 2 aromatic carbocycles. The minimum atomic E-state index is -0.153. The molecule has 86 valence electrons. The van der Waals surface area contributed by atoms with Gasteiger partial charge >= 0.3 is 0 Å². The number of hydrogen-bond donors (Lipinski definition) is 1. The molecule has 0 saturated heterocycles. The third kappa shape index (κ3) is 2.03. The standard InChI is InChI=1S/C15H14FN/c16-14-6-7-15-12(9-14)8-13(10-17-15)11-4-2-1-3-5-11/h1-7,9,13,17H,8,10H2. The Morgan fingerprint density at radius 3 is 2.71 bits per heavy atom. The van der Waals surface area contributed by atoms with Gasteiger partial charge in [0.05, 0.1) is 0 Å². The van der Waals surface area contributed by atoms with Crippen LogP contribution in [0.3, 0.4) is 0 Å². The van der Waals surface area contributed by atoms with Crippen LogP contribution in [0.4, 0.5) is 10.1 Å². The largest absolute Gasteiger partial charge is 0.384 e. The highest BCUT2D eigenvalue weighted by Gasteiger charge is 2.19. The molecular formula is C15H14FN. The average molecular weight is 227 g/mol. The van der Waals surface area contributed by atoms with Crippen molar-refractivity contribution in [3.05, 3.63) is 65.5 Å². The van der Waals surface area contributed by atoms with Gasteiger partial charge < -0.3 is 5.32 Å². The second kappa shape index (κ2) is 4.21. The highest BCUT2D eigenvalue weighted by Crippen LogP contribution is 2.30. The zero-order valence-corrected chi connectivity index (χ0v) is 9.49. The molecule has 0 aliphatic carbocycles. The van der Waals surface area contributed by atoms with Crippen LogP contribution in [0.15, 0.2) is 48.5 Å². The van der Waals surface area contributed by atoms with Gasteiger partial charge in [-0.15, -0.1) is 0 Å². The van der Waals surface area contributed by atoms with Crippen LogP contribution in [0, 0.1) is 5.82 Å². The summed E-state index contributed by atoms with van der Waals surface area (Å²) in [6.07, 6.45) is 0.907. The summed E-state index contributed by atoms with van der Waals surface area (Å²) in [6.45, 7) is 0.919. The summed E-state index contributed by atoms with van der Waals surface area (Å²) in [5, 5.41) is 3.37. The van der Waals surface area contributed by atoms with Crippen molar-refractivity contribution < 1.29 is 4.39 Å². The number of rotatable bonds is 1. The molecule has 0 amide bonds. The monoisotopic (exact) mass is 227 g/mol. The first kappa shape index (κ1) is 10.3. The first-order valence-electron chi connectivity index (χ1n) is 5.90. The Kier molecular flexibility index (Phi) is 2.56. The summed E-state index contributed by atoms with van der Waals surface area (Å²) in [5.41, 5.74) is 3.46. The summed E-state index contributed by atoms with van der Waals surface area (Å²) in [6, 6.07) is 15.4. The number of fused-ring (bicyclic) bond motifs is 1. The van der Waals surface area contributed by atoms with Gasteiger partial charge in [-0.05, 0) is 35.7 Å². The van der Waals surface area contributed by atoms with Crippen molar-refractivity contribution in [3.63, 3.8) is 0 Å². The number of halogens is 1. The van der Waals surface area contributed by atoms with E-state index in [-0.39, 0.29) is 5.82 Å². The molecule has 0 aromatic heterocycles. The Balaban J connectivity index is 1.90. The lowest BCUT2D eigenvalue weighted by molar-refractivity contribution is 0.618. The Labute approximate surface area is 100 Å². The summed E-state index contributed by atoms with van der Waals surface area (Å²) in [4.78, 5) is 0. The average Bonchev–Trinajstić information content (AvgIpc) is 2.39.